The van der Waals surface area contributed by atoms with Gasteiger partial charge in [-0.1, -0.05) is 29.3 Å². The number of halogens is 3. The molecule has 1 aliphatic rings. The second-order valence-corrected chi connectivity index (χ2v) is 6.51. The maximum Gasteiger partial charge on any atom is 0.254 e. The van der Waals surface area contributed by atoms with Crippen LogP contribution in [0.15, 0.2) is 30.3 Å². The minimum atomic E-state index is -0.455. The number of carbonyl (C=O) groups excluding carboxylic acids is 1. The van der Waals surface area contributed by atoms with Crippen LogP contribution in [0.2, 0.25) is 10.0 Å². The van der Waals surface area contributed by atoms with Gasteiger partial charge in [-0.15, -0.1) is 0 Å². The number of nitrogens with zero attached hydrogens (tertiary/aromatic N) is 1. The van der Waals surface area contributed by atoms with Crippen LogP contribution in [0.5, 0.6) is 11.5 Å². The van der Waals surface area contributed by atoms with Gasteiger partial charge in [0.1, 0.15) is 5.82 Å². The molecule has 4 nitrogen and oxygen atoms in total. The summed E-state index contributed by atoms with van der Waals surface area (Å²) in [4.78, 5) is 14.1. The quantitative estimate of drug-likeness (QED) is 0.779. The summed E-state index contributed by atoms with van der Waals surface area (Å²) in [5.41, 5.74) is 0.602. The first kappa shape index (κ1) is 17.8. The number of hydrogen-bond donors (Lipinski definition) is 0. The lowest BCUT2D eigenvalue weighted by Crippen LogP contribution is -2.27. The molecule has 0 spiro atoms. The maximum absolute atomic E-state index is 13.9. The van der Waals surface area contributed by atoms with Gasteiger partial charge in [0.15, 0.2) is 11.5 Å². The fourth-order valence-electron chi connectivity index (χ4n) is 2.57. The van der Waals surface area contributed by atoms with Crippen molar-refractivity contribution >= 4 is 29.1 Å². The van der Waals surface area contributed by atoms with Crippen molar-refractivity contribution in [1.29, 1.82) is 0 Å². The molecule has 7 heteroatoms. The fraction of sp³-hybridized carbons (Fsp3) is 0.278. The molecule has 25 heavy (non-hydrogen) atoms. The van der Waals surface area contributed by atoms with Crippen molar-refractivity contribution in [2.75, 3.05) is 20.3 Å². The number of carbonyl (C=O) groups is 1. The SMILES string of the molecule is CN(Cc1c(F)cccc1Cl)C(=O)c1cc(Cl)c2c(c1)OCCCO2. The van der Waals surface area contributed by atoms with E-state index < -0.39 is 5.82 Å². The highest BCUT2D eigenvalue weighted by molar-refractivity contribution is 6.32. The Morgan fingerprint density at radius 2 is 1.96 bits per heavy atom. The summed E-state index contributed by atoms with van der Waals surface area (Å²) in [6.45, 7) is 1.03. The van der Waals surface area contributed by atoms with Gasteiger partial charge in [-0.3, -0.25) is 4.79 Å². The predicted molar refractivity (Wildman–Crippen MR) is 94.3 cm³/mol. The lowest BCUT2D eigenvalue weighted by atomic mass is 10.1. The largest absolute Gasteiger partial charge is 0.489 e. The topological polar surface area (TPSA) is 38.8 Å². The molecule has 2 aromatic rings. The zero-order chi connectivity index (χ0) is 18.0. The number of hydrogen-bond acceptors (Lipinski definition) is 3. The maximum atomic E-state index is 13.9. The normalized spacial score (nSPS) is 13.3. The summed E-state index contributed by atoms with van der Waals surface area (Å²) in [7, 11) is 1.57. The average molecular weight is 384 g/mol. The summed E-state index contributed by atoms with van der Waals surface area (Å²) in [6, 6.07) is 7.53. The molecule has 1 amide bonds. The number of rotatable bonds is 3. The second kappa shape index (κ2) is 7.50. The van der Waals surface area contributed by atoms with Crippen molar-refractivity contribution in [3.8, 4) is 11.5 Å². The van der Waals surface area contributed by atoms with Gasteiger partial charge in [0, 0.05) is 36.2 Å². The molecule has 0 aromatic heterocycles. The molecule has 0 radical (unpaired) electrons. The highest BCUT2D eigenvalue weighted by Gasteiger charge is 2.21. The minimum Gasteiger partial charge on any atom is -0.489 e. The van der Waals surface area contributed by atoms with Crippen LogP contribution in [-0.4, -0.2) is 31.1 Å². The van der Waals surface area contributed by atoms with Gasteiger partial charge < -0.3 is 14.4 Å². The first-order valence-electron chi connectivity index (χ1n) is 7.75. The van der Waals surface area contributed by atoms with E-state index in [1.807, 2.05) is 0 Å². The lowest BCUT2D eigenvalue weighted by molar-refractivity contribution is 0.0783. The van der Waals surface area contributed by atoms with Crippen LogP contribution in [0.3, 0.4) is 0 Å². The zero-order valence-corrected chi connectivity index (χ0v) is 15.0. The summed E-state index contributed by atoms with van der Waals surface area (Å²) in [5.74, 6) is 0.0990. The van der Waals surface area contributed by atoms with E-state index >= 15 is 0 Å². The highest BCUT2D eigenvalue weighted by atomic mass is 35.5. The van der Waals surface area contributed by atoms with E-state index in [2.05, 4.69) is 0 Å². The first-order chi connectivity index (χ1) is 12.0. The van der Waals surface area contributed by atoms with Crippen LogP contribution in [0.4, 0.5) is 4.39 Å². The van der Waals surface area contributed by atoms with Gasteiger partial charge in [-0.25, -0.2) is 4.39 Å². The zero-order valence-electron chi connectivity index (χ0n) is 13.5. The number of amides is 1. The Kier molecular flexibility index (Phi) is 5.35. The van der Waals surface area contributed by atoms with Crippen LogP contribution >= 0.6 is 23.2 Å². The number of fused-ring (bicyclic) bond motifs is 1. The Balaban J connectivity index is 1.85. The standard InChI is InChI=1S/C18H16Cl2FNO3/c1-22(10-12-13(19)4-2-5-15(12)21)18(23)11-8-14(20)17-16(9-11)24-6-3-7-25-17/h2,4-5,8-9H,3,6-7,10H2,1H3. The van der Waals surface area contributed by atoms with Crippen molar-refractivity contribution in [3.05, 3.63) is 57.3 Å². The fourth-order valence-corrected chi connectivity index (χ4v) is 3.06. The molecule has 0 saturated carbocycles. The molecular formula is C18H16Cl2FNO3. The van der Waals surface area contributed by atoms with Crippen molar-refractivity contribution in [1.82, 2.24) is 4.90 Å². The van der Waals surface area contributed by atoms with Crippen molar-refractivity contribution in [2.45, 2.75) is 13.0 Å². The summed E-state index contributed by atoms with van der Waals surface area (Å²) < 4.78 is 25.1. The van der Waals surface area contributed by atoms with E-state index in [-0.39, 0.29) is 23.0 Å². The Hall–Kier alpha value is -1.98. The third-order valence-electron chi connectivity index (χ3n) is 3.85. The van der Waals surface area contributed by atoms with Crippen LogP contribution in [0.1, 0.15) is 22.3 Å². The molecule has 1 aliphatic heterocycles. The third-order valence-corrected chi connectivity index (χ3v) is 4.49. The van der Waals surface area contributed by atoms with Crippen LogP contribution in [0, 0.1) is 5.82 Å². The molecule has 0 N–H and O–H groups in total. The molecular weight excluding hydrogens is 368 g/mol. The van der Waals surface area contributed by atoms with E-state index in [4.69, 9.17) is 32.7 Å². The Morgan fingerprint density at radius 3 is 2.72 bits per heavy atom. The third kappa shape index (κ3) is 3.83. The van der Waals surface area contributed by atoms with Crippen molar-refractivity contribution in [3.63, 3.8) is 0 Å². The smallest absolute Gasteiger partial charge is 0.254 e. The van der Waals surface area contributed by atoms with Gasteiger partial charge in [-0.05, 0) is 24.3 Å². The molecule has 3 rings (SSSR count). The van der Waals surface area contributed by atoms with E-state index in [1.54, 1.807) is 19.2 Å². The van der Waals surface area contributed by atoms with E-state index in [0.717, 1.165) is 6.42 Å². The average Bonchev–Trinajstić information content (AvgIpc) is 2.83. The van der Waals surface area contributed by atoms with Crippen LogP contribution in [-0.2, 0) is 6.54 Å². The van der Waals surface area contributed by atoms with E-state index in [1.165, 1.54) is 23.1 Å². The molecule has 0 fully saturated rings. The van der Waals surface area contributed by atoms with E-state index in [9.17, 15) is 9.18 Å². The molecule has 1 heterocycles. The number of benzene rings is 2. The Labute approximate surface area is 155 Å². The summed E-state index contributed by atoms with van der Waals surface area (Å²) >= 11 is 12.2. The van der Waals surface area contributed by atoms with Gasteiger partial charge in [-0.2, -0.15) is 0 Å². The Morgan fingerprint density at radius 1 is 1.20 bits per heavy atom. The van der Waals surface area contributed by atoms with Gasteiger partial charge in [0.2, 0.25) is 0 Å². The van der Waals surface area contributed by atoms with Crippen molar-refractivity contribution < 1.29 is 18.7 Å². The molecule has 132 valence electrons. The molecule has 0 aliphatic carbocycles. The second-order valence-electron chi connectivity index (χ2n) is 5.70. The Bertz CT molecular complexity index is 793. The molecule has 0 unspecified atom stereocenters. The first-order valence-corrected chi connectivity index (χ1v) is 8.50. The summed E-state index contributed by atoms with van der Waals surface area (Å²) in [5, 5.41) is 0.580. The molecule has 0 saturated heterocycles. The summed E-state index contributed by atoms with van der Waals surface area (Å²) in [6.07, 6.45) is 0.736. The minimum absolute atomic E-state index is 0.0381. The lowest BCUT2D eigenvalue weighted by Gasteiger charge is -2.19. The molecule has 0 bridgehead atoms. The predicted octanol–water partition coefficient (Wildman–Crippen LogP) is 4.57. The van der Waals surface area contributed by atoms with Gasteiger partial charge >= 0.3 is 0 Å². The van der Waals surface area contributed by atoms with Crippen molar-refractivity contribution in [2.24, 2.45) is 0 Å². The molecule has 0 atom stereocenters. The monoisotopic (exact) mass is 383 g/mol. The highest BCUT2D eigenvalue weighted by Crippen LogP contribution is 2.38. The molecule has 2 aromatic carbocycles. The number of ether oxygens (including phenoxy) is 2. The van der Waals surface area contributed by atoms with Gasteiger partial charge in [0.25, 0.3) is 5.91 Å². The van der Waals surface area contributed by atoms with Crippen LogP contribution < -0.4 is 9.47 Å². The van der Waals surface area contributed by atoms with Crippen LogP contribution in [0.25, 0.3) is 0 Å². The van der Waals surface area contributed by atoms with E-state index in [0.29, 0.717) is 35.3 Å². The van der Waals surface area contributed by atoms with Gasteiger partial charge in [0.05, 0.1) is 18.2 Å².